The van der Waals surface area contributed by atoms with E-state index >= 15 is 0 Å². The lowest BCUT2D eigenvalue weighted by molar-refractivity contribution is -0.134. The highest BCUT2D eigenvalue weighted by atomic mass is 32.2. The van der Waals surface area contributed by atoms with Gasteiger partial charge in [0.1, 0.15) is 11.6 Å². The Balaban J connectivity index is 2.42. The topological polar surface area (TPSA) is 95.8 Å². The lowest BCUT2D eigenvalue weighted by atomic mass is 10.1. The summed E-state index contributed by atoms with van der Waals surface area (Å²) in [6.45, 7) is 0. The Hall–Kier alpha value is -2.85. The van der Waals surface area contributed by atoms with Gasteiger partial charge in [-0.25, -0.2) is 9.78 Å². The fourth-order valence-electron chi connectivity index (χ4n) is 1.85. The number of carbonyl (C=O) groups excluding carboxylic acids is 1. The van der Waals surface area contributed by atoms with Crippen molar-refractivity contribution >= 4 is 23.8 Å². The molecule has 1 N–H and O–H groups in total. The van der Waals surface area contributed by atoms with E-state index in [9.17, 15) is 14.9 Å². The lowest BCUT2D eigenvalue weighted by Gasteiger charge is -2.05. The summed E-state index contributed by atoms with van der Waals surface area (Å²) in [5, 5.41) is 9.62. The monoisotopic (exact) mass is 327 g/mol. The van der Waals surface area contributed by atoms with E-state index in [4.69, 9.17) is 0 Å². The van der Waals surface area contributed by atoms with Crippen LogP contribution in [0.1, 0.15) is 11.1 Å². The number of H-pyrrole nitrogens is 1. The first kappa shape index (κ1) is 16.5. The lowest BCUT2D eigenvalue weighted by Crippen LogP contribution is -2.14. The summed E-state index contributed by atoms with van der Waals surface area (Å²) in [4.78, 5) is 29.8. The van der Waals surface area contributed by atoms with Gasteiger partial charge in [-0.2, -0.15) is 5.26 Å². The minimum atomic E-state index is -0.462. The number of thioether (sulfide) groups is 1. The number of carbonyl (C=O) groups is 1. The number of hydrogen-bond acceptors (Lipinski definition) is 6. The molecular formula is C16H13N3O3S. The van der Waals surface area contributed by atoms with Gasteiger partial charge < -0.3 is 9.72 Å². The summed E-state index contributed by atoms with van der Waals surface area (Å²) in [5.41, 5.74) is 1.28. The van der Waals surface area contributed by atoms with Crippen molar-refractivity contribution in [1.29, 1.82) is 5.26 Å². The molecule has 116 valence electrons. The van der Waals surface area contributed by atoms with Crippen molar-refractivity contribution in [3.05, 3.63) is 51.8 Å². The number of esters is 1. The first-order valence-corrected chi connectivity index (χ1v) is 7.76. The number of benzene rings is 1. The minimum absolute atomic E-state index is 0.0272. The number of aromatic nitrogens is 2. The minimum Gasteiger partial charge on any atom is -0.466 e. The van der Waals surface area contributed by atoms with Crippen molar-refractivity contribution in [2.75, 3.05) is 13.4 Å². The molecule has 0 saturated heterocycles. The second-order valence-electron chi connectivity index (χ2n) is 4.39. The number of ether oxygens (including phenoxy) is 1. The molecule has 1 aromatic carbocycles. The summed E-state index contributed by atoms with van der Waals surface area (Å²) in [5.74, 6) is -0.443. The summed E-state index contributed by atoms with van der Waals surface area (Å²) < 4.78 is 4.52. The van der Waals surface area contributed by atoms with Crippen LogP contribution in [0.25, 0.3) is 17.3 Å². The van der Waals surface area contributed by atoms with Crippen LogP contribution in [0.15, 0.2) is 40.3 Å². The molecule has 0 radical (unpaired) electrons. The van der Waals surface area contributed by atoms with Gasteiger partial charge in [0.15, 0.2) is 5.16 Å². The highest BCUT2D eigenvalue weighted by Gasteiger charge is 2.12. The Labute approximate surface area is 136 Å². The predicted octanol–water partition coefficient (Wildman–Crippen LogP) is 2.22. The van der Waals surface area contributed by atoms with Gasteiger partial charge in [-0.1, -0.05) is 36.0 Å². The summed E-state index contributed by atoms with van der Waals surface area (Å²) in [6.07, 6.45) is 4.71. The molecule has 0 aliphatic heterocycles. The van der Waals surface area contributed by atoms with Crippen LogP contribution < -0.4 is 5.56 Å². The Kier molecular flexibility index (Phi) is 5.33. The molecule has 0 aliphatic rings. The van der Waals surface area contributed by atoms with Crippen LogP contribution in [-0.2, 0) is 9.53 Å². The van der Waals surface area contributed by atoms with Crippen molar-refractivity contribution in [2.24, 2.45) is 0 Å². The number of rotatable bonds is 4. The SMILES string of the molecule is COC(=O)C=Cc1ccc(-c2nc(SC)[nH]c(=O)c2C#N)cc1. The summed E-state index contributed by atoms with van der Waals surface area (Å²) >= 11 is 1.29. The van der Waals surface area contributed by atoms with Gasteiger partial charge in [-0.3, -0.25) is 4.79 Å². The second kappa shape index (κ2) is 7.42. The van der Waals surface area contributed by atoms with Crippen molar-refractivity contribution in [1.82, 2.24) is 9.97 Å². The summed E-state index contributed by atoms with van der Waals surface area (Å²) in [7, 11) is 1.31. The van der Waals surface area contributed by atoms with Gasteiger partial charge in [-0.05, 0) is 17.9 Å². The Morgan fingerprint density at radius 2 is 2.09 bits per heavy atom. The van der Waals surface area contributed by atoms with E-state index in [0.29, 0.717) is 16.4 Å². The van der Waals surface area contributed by atoms with E-state index < -0.39 is 11.5 Å². The molecule has 0 fully saturated rings. The molecule has 6 nitrogen and oxygen atoms in total. The third-order valence-electron chi connectivity index (χ3n) is 3.00. The largest absolute Gasteiger partial charge is 0.466 e. The van der Waals surface area contributed by atoms with Crippen molar-refractivity contribution < 1.29 is 9.53 Å². The maximum atomic E-state index is 11.9. The highest BCUT2D eigenvalue weighted by molar-refractivity contribution is 7.98. The molecule has 23 heavy (non-hydrogen) atoms. The van der Waals surface area contributed by atoms with Gasteiger partial charge in [-0.15, -0.1) is 0 Å². The number of nitrogens with zero attached hydrogens (tertiary/aromatic N) is 2. The molecule has 0 aliphatic carbocycles. The van der Waals surface area contributed by atoms with Gasteiger partial charge in [0.25, 0.3) is 5.56 Å². The van der Waals surface area contributed by atoms with E-state index in [0.717, 1.165) is 5.56 Å². The van der Waals surface area contributed by atoms with Crippen LogP contribution in [0.5, 0.6) is 0 Å². The van der Waals surface area contributed by atoms with E-state index in [1.54, 1.807) is 36.6 Å². The summed E-state index contributed by atoms with van der Waals surface area (Å²) in [6, 6.07) is 8.89. The Morgan fingerprint density at radius 1 is 1.39 bits per heavy atom. The predicted molar refractivity (Wildman–Crippen MR) is 87.8 cm³/mol. The van der Waals surface area contributed by atoms with Crippen molar-refractivity contribution in [3.8, 4) is 17.3 Å². The molecule has 0 atom stereocenters. The fourth-order valence-corrected chi connectivity index (χ4v) is 2.22. The average Bonchev–Trinajstić information content (AvgIpc) is 2.59. The molecule has 0 saturated carbocycles. The van der Waals surface area contributed by atoms with Gasteiger partial charge >= 0.3 is 5.97 Å². The number of nitriles is 1. The van der Waals surface area contributed by atoms with Crippen LogP contribution in [0, 0.1) is 11.3 Å². The maximum Gasteiger partial charge on any atom is 0.330 e. The first-order chi connectivity index (χ1) is 11.1. The van der Waals surface area contributed by atoms with Gasteiger partial charge in [0.2, 0.25) is 0 Å². The Bertz CT molecular complexity index is 848. The average molecular weight is 327 g/mol. The first-order valence-electron chi connectivity index (χ1n) is 6.54. The normalized spacial score (nSPS) is 10.5. The smallest absolute Gasteiger partial charge is 0.330 e. The third kappa shape index (κ3) is 3.87. The van der Waals surface area contributed by atoms with Crippen molar-refractivity contribution in [3.63, 3.8) is 0 Å². The van der Waals surface area contributed by atoms with Gasteiger partial charge in [0.05, 0.1) is 12.8 Å². The number of aromatic amines is 1. The zero-order chi connectivity index (χ0) is 16.8. The standard InChI is InChI=1S/C16H13N3O3S/c1-22-13(20)8-5-10-3-6-11(7-4-10)14-12(9-17)15(21)19-16(18-14)23-2/h3-8H,1-2H3,(H,18,19,21). The zero-order valence-corrected chi connectivity index (χ0v) is 13.3. The van der Waals surface area contributed by atoms with E-state index in [1.807, 2.05) is 6.07 Å². The number of nitrogens with one attached hydrogen (secondary N) is 1. The maximum absolute atomic E-state index is 11.9. The van der Waals surface area contributed by atoms with Crippen LogP contribution >= 0.6 is 11.8 Å². The van der Waals surface area contributed by atoms with E-state index in [2.05, 4.69) is 14.7 Å². The third-order valence-corrected chi connectivity index (χ3v) is 3.58. The van der Waals surface area contributed by atoms with Crippen LogP contribution in [0.3, 0.4) is 0 Å². The zero-order valence-electron chi connectivity index (χ0n) is 12.5. The molecule has 2 rings (SSSR count). The molecule has 2 aromatic rings. The molecule has 0 bridgehead atoms. The van der Waals surface area contributed by atoms with E-state index in [1.165, 1.54) is 24.9 Å². The number of methoxy groups -OCH3 is 1. The quantitative estimate of drug-likeness (QED) is 0.400. The van der Waals surface area contributed by atoms with Crippen molar-refractivity contribution in [2.45, 2.75) is 5.16 Å². The van der Waals surface area contributed by atoms with Crippen LogP contribution in [-0.4, -0.2) is 29.3 Å². The van der Waals surface area contributed by atoms with Gasteiger partial charge in [0, 0.05) is 11.6 Å². The van der Waals surface area contributed by atoms with E-state index in [-0.39, 0.29) is 5.56 Å². The van der Waals surface area contributed by atoms with Crippen LogP contribution in [0.2, 0.25) is 0 Å². The van der Waals surface area contributed by atoms with Crippen LogP contribution in [0.4, 0.5) is 0 Å². The molecular weight excluding hydrogens is 314 g/mol. The molecule has 0 spiro atoms. The highest BCUT2D eigenvalue weighted by Crippen LogP contribution is 2.22. The Morgan fingerprint density at radius 3 is 2.65 bits per heavy atom. The number of hydrogen-bond donors (Lipinski definition) is 1. The fraction of sp³-hybridized carbons (Fsp3) is 0.125. The molecule has 0 amide bonds. The molecule has 1 aromatic heterocycles. The molecule has 1 heterocycles. The molecule has 0 unspecified atom stereocenters. The molecule has 7 heteroatoms. The second-order valence-corrected chi connectivity index (χ2v) is 5.18.